The molecule has 1 atom stereocenters. The molecule has 2 aliphatic heterocycles. The molecule has 2 aliphatic rings. The standard InChI is InChI=1S/C18H27NO7S2/c1-2-27(20,21)14-13-24-15-6-8-16(9-7-15)28(22,23)19-10-4-3-5-17(19)18-25-11-12-26-18/h6-9,17-18H,2-5,10-14H2,1H3. The molecule has 28 heavy (non-hydrogen) atoms. The lowest BCUT2D eigenvalue weighted by molar-refractivity contribution is -0.0913. The molecule has 0 spiro atoms. The van der Waals surface area contributed by atoms with E-state index in [1.54, 1.807) is 19.1 Å². The van der Waals surface area contributed by atoms with Crippen LogP contribution >= 0.6 is 0 Å². The van der Waals surface area contributed by atoms with Crippen molar-refractivity contribution in [1.82, 2.24) is 4.31 Å². The molecule has 2 heterocycles. The Balaban J connectivity index is 1.69. The van der Waals surface area contributed by atoms with E-state index in [-0.39, 0.29) is 29.0 Å². The van der Waals surface area contributed by atoms with Gasteiger partial charge in [0, 0.05) is 12.3 Å². The van der Waals surface area contributed by atoms with Gasteiger partial charge in [0.05, 0.1) is 29.9 Å². The van der Waals surface area contributed by atoms with Crippen molar-refractivity contribution in [3.05, 3.63) is 24.3 Å². The van der Waals surface area contributed by atoms with Crippen LogP contribution in [0.4, 0.5) is 0 Å². The number of benzene rings is 1. The first kappa shape index (κ1) is 21.5. The second-order valence-corrected chi connectivity index (χ2v) is 11.2. The number of rotatable bonds is 8. The van der Waals surface area contributed by atoms with E-state index in [1.165, 1.54) is 16.4 Å². The topological polar surface area (TPSA) is 99.2 Å². The highest BCUT2D eigenvalue weighted by Gasteiger charge is 2.40. The van der Waals surface area contributed by atoms with E-state index in [4.69, 9.17) is 14.2 Å². The Kier molecular flexibility index (Phi) is 6.98. The van der Waals surface area contributed by atoms with E-state index in [1.807, 2.05) is 0 Å². The number of hydrogen-bond donors (Lipinski definition) is 0. The molecule has 0 aromatic heterocycles. The second kappa shape index (κ2) is 9.08. The third kappa shape index (κ3) is 5.04. The number of ether oxygens (including phenoxy) is 3. The minimum absolute atomic E-state index is 0.0346. The molecule has 2 fully saturated rings. The van der Waals surface area contributed by atoms with Gasteiger partial charge < -0.3 is 14.2 Å². The van der Waals surface area contributed by atoms with Gasteiger partial charge in [0.2, 0.25) is 10.0 Å². The molecule has 8 nitrogen and oxygen atoms in total. The molecule has 2 saturated heterocycles. The second-order valence-electron chi connectivity index (χ2n) is 6.85. The molecule has 158 valence electrons. The molecule has 0 radical (unpaired) electrons. The van der Waals surface area contributed by atoms with Crippen LogP contribution in [-0.2, 0) is 29.3 Å². The summed E-state index contributed by atoms with van der Waals surface area (Å²) in [5.74, 6) is 0.433. The number of sulfone groups is 1. The van der Waals surface area contributed by atoms with Gasteiger partial charge in [-0.2, -0.15) is 4.31 Å². The third-order valence-corrected chi connectivity index (χ3v) is 8.60. The maximum Gasteiger partial charge on any atom is 0.243 e. The van der Waals surface area contributed by atoms with E-state index < -0.39 is 26.2 Å². The highest BCUT2D eigenvalue weighted by atomic mass is 32.2. The van der Waals surface area contributed by atoms with E-state index in [0.29, 0.717) is 31.9 Å². The number of hydrogen-bond acceptors (Lipinski definition) is 7. The Labute approximate surface area is 166 Å². The zero-order chi connectivity index (χ0) is 20.2. The molecule has 0 N–H and O–H groups in total. The molecular weight excluding hydrogens is 406 g/mol. The molecular formula is C18H27NO7S2. The smallest absolute Gasteiger partial charge is 0.243 e. The lowest BCUT2D eigenvalue weighted by Crippen LogP contribution is -2.50. The summed E-state index contributed by atoms with van der Waals surface area (Å²) in [5.41, 5.74) is 0. The monoisotopic (exact) mass is 433 g/mol. The van der Waals surface area contributed by atoms with Crippen LogP contribution in [0.3, 0.4) is 0 Å². The molecule has 0 saturated carbocycles. The van der Waals surface area contributed by atoms with Crippen molar-refractivity contribution in [2.24, 2.45) is 0 Å². The van der Waals surface area contributed by atoms with Crippen LogP contribution in [0.5, 0.6) is 5.75 Å². The van der Waals surface area contributed by atoms with Crippen LogP contribution in [-0.4, -0.2) is 71.3 Å². The van der Waals surface area contributed by atoms with Gasteiger partial charge in [-0.1, -0.05) is 13.3 Å². The highest BCUT2D eigenvalue weighted by Crippen LogP contribution is 2.30. The maximum atomic E-state index is 13.1. The van der Waals surface area contributed by atoms with Crippen molar-refractivity contribution in [3.8, 4) is 5.75 Å². The summed E-state index contributed by atoms with van der Waals surface area (Å²) < 4.78 is 67.3. The van der Waals surface area contributed by atoms with Crippen LogP contribution in [0.2, 0.25) is 0 Å². The van der Waals surface area contributed by atoms with E-state index >= 15 is 0 Å². The van der Waals surface area contributed by atoms with Crippen LogP contribution in [0.15, 0.2) is 29.2 Å². The first-order chi connectivity index (χ1) is 13.3. The van der Waals surface area contributed by atoms with Crippen LogP contribution in [0.25, 0.3) is 0 Å². The first-order valence-electron chi connectivity index (χ1n) is 9.52. The Bertz CT molecular complexity index is 846. The van der Waals surface area contributed by atoms with E-state index in [2.05, 4.69) is 0 Å². The Hall–Kier alpha value is -1.20. The van der Waals surface area contributed by atoms with E-state index in [0.717, 1.165) is 12.8 Å². The third-order valence-electron chi connectivity index (χ3n) is 4.99. The van der Waals surface area contributed by atoms with Crippen LogP contribution < -0.4 is 4.74 Å². The summed E-state index contributed by atoms with van der Waals surface area (Å²) in [7, 11) is -6.79. The summed E-state index contributed by atoms with van der Waals surface area (Å²) in [6.07, 6.45) is 1.93. The van der Waals surface area contributed by atoms with Gasteiger partial charge in [0.15, 0.2) is 16.1 Å². The fraction of sp³-hybridized carbons (Fsp3) is 0.667. The van der Waals surface area contributed by atoms with E-state index in [9.17, 15) is 16.8 Å². The Morgan fingerprint density at radius 1 is 1.07 bits per heavy atom. The van der Waals surface area contributed by atoms with Crippen LogP contribution in [0.1, 0.15) is 26.2 Å². The van der Waals surface area contributed by atoms with Gasteiger partial charge in [0.1, 0.15) is 12.4 Å². The molecule has 1 aromatic carbocycles. The Morgan fingerprint density at radius 3 is 2.39 bits per heavy atom. The average molecular weight is 434 g/mol. The quantitative estimate of drug-likeness (QED) is 0.611. The molecule has 0 bridgehead atoms. The van der Waals surface area contributed by atoms with Crippen molar-refractivity contribution in [2.45, 2.75) is 43.4 Å². The van der Waals surface area contributed by atoms with Crippen molar-refractivity contribution in [1.29, 1.82) is 0 Å². The zero-order valence-electron chi connectivity index (χ0n) is 15.9. The predicted molar refractivity (Wildman–Crippen MR) is 103 cm³/mol. The van der Waals surface area contributed by atoms with Crippen molar-refractivity contribution < 1.29 is 31.0 Å². The van der Waals surface area contributed by atoms with Crippen molar-refractivity contribution in [2.75, 3.05) is 37.9 Å². The van der Waals surface area contributed by atoms with Gasteiger partial charge in [-0.3, -0.25) is 0 Å². The normalized spacial score (nSPS) is 22.4. The number of piperidine rings is 1. The minimum atomic E-state index is -3.69. The van der Waals surface area contributed by atoms with Gasteiger partial charge in [0.25, 0.3) is 0 Å². The summed E-state index contributed by atoms with van der Waals surface area (Å²) in [6.45, 7) is 3.02. The van der Waals surface area contributed by atoms with Crippen molar-refractivity contribution in [3.63, 3.8) is 0 Å². The van der Waals surface area contributed by atoms with Gasteiger partial charge in [-0.15, -0.1) is 0 Å². The van der Waals surface area contributed by atoms with Gasteiger partial charge in [-0.25, -0.2) is 16.8 Å². The maximum absolute atomic E-state index is 13.1. The molecule has 3 rings (SSSR count). The van der Waals surface area contributed by atoms with Gasteiger partial charge >= 0.3 is 0 Å². The average Bonchev–Trinajstić information content (AvgIpc) is 3.23. The molecule has 10 heteroatoms. The Morgan fingerprint density at radius 2 is 1.75 bits per heavy atom. The fourth-order valence-corrected chi connectivity index (χ4v) is 5.68. The fourth-order valence-electron chi connectivity index (χ4n) is 3.37. The largest absolute Gasteiger partial charge is 0.493 e. The summed E-state index contributed by atoms with van der Waals surface area (Å²) in [6, 6.07) is 5.75. The lowest BCUT2D eigenvalue weighted by Gasteiger charge is -2.36. The SMILES string of the molecule is CCS(=O)(=O)CCOc1ccc(S(=O)(=O)N2CCCCC2C2OCCO2)cc1. The minimum Gasteiger partial charge on any atom is -0.493 e. The highest BCUT2D eigenvalue weighted by molar-refractivity contribution is 7.91. The summed E-state index contributed by atoms with van der Waals surface area (Å²) >= 11 is 0. The zero-order valence-corrected chi connectivity index (χ0v) is 17.6. The number of sulfonamides is 1. The van der Waals surface area contributed by atoms with Crippen molar-refractivity contribution >= 4 is 19.9 Å². The number of nitrogens with zero attached hydrogens (tertiary/aromatic N) is 1. The molecule has 1 unspecified atom stereocenters. The van der Waals surface area contributed by atoms with Crippen LogP contribution in [0, 0.1) is 0 Å². The lowest BCUT2D eigenvalue weighted by atomic mass is 10.0. The molecule has 1 aromatic rings. The first-order valence-corrected chi connectivity index (χ1v) is 12.8. The van der Waals surface area contributed by atoms with Gasteiger partial charge in [-0.05, 0) is 37.1 Å². The summed E-state index contributed by atoms with van der Waals surface area (Å²) in [5, 5.41) is 0. The molecule has 0 amide bonds. The summed E-state index contributed by atoms with van der Waals surface area (Å²) in [4.78, 5) is 0.172. The molecule has 0 aliphatic carbocycles. The predicted octanol–water partition coefficient (Wildman–Crippen LogP) is 1.42.